The van der Waals surface area contributed by atoms with Crippen LogP contribution in [0.4, 0.5) is 0 Å². The van der Waals surface area contributed by atoms with Gasteiger partial charge in [0.05, 0.1) is 0 Å². The van der Waals surface area contributed by atoms with E-state index in [-0.39, 0.29) is 0 Å². The highest BCUT2D eigenvalue weighted by Crippen LogP contribution is 2.67. The van der Waals surface area contributed by atoms with Crippen LogP contribution in [0.25, 0.3) is 0 Å². The molecule has 0 aliphatic heterocycles. The maximum Gasteiger partial charge on any atom is -0.0194 e. The molecule has 0 N–H and O–H groups in total. The molecule has 0 saturated heterocycles. The molecule has 4 aliphatic carbocycles. The smallest absolute Gasteiger partial charge is 0.0194 e. The van der Waals surface area contributed by atoms with Crippen molar-refractivity contribution in [2.45, 2.75) is 32.6 Å². The van der Waals surface area contributed by atoms with Crippen molar-refractivity contribution < 1.29 is 0 Å². The molecule has 3 saturated carbocycles. The second kappa shape index (κ2) is 2.46. The van der Waals surface area contributed by atoms with Crippen molar-refractivity contribution in [3.8, 4) is 0 Å². The van der Waals surface area contributed by atoms with Gasteiger partial charge in [0, 0.05) is 0 Å². The molecule has 76 valence electrons. The molecule has 0 aromatic heterocycles. The van der Waals surface area contributed by atoms with Crippen molar-refractivity contribution in [3.05, 3.63) is 12.2 Å². The van der Waals surface area contributed by atoms with E-state index in [9.17, 15) is 0 Å². The third-order valence-corrected chi connectivity index (χ3v) is 5.93. The zero-order valence-electron chi connectivity index (χ0n) is 9.02. The molecule has 0 aromatic carbocycles. The minimum Gasteiger partial charge on any atom is -0.0848 e. The molecular formula is C14H20. The minimum atomic E-state index is 1.01. The summed E-state index contributed by atoms with van der Waals surface area (Å²) in [5.41, 5.74) is 0. The first-order valence-electron chi connectivity index (χ1n) is 6.56. The molecule has 7 atom stereocenters. The monoisotopic (exact) mass is 188 g/mol. The van der Waals surface area contributed by atoms with Crippen LogP contribution in [0.5, 0.6) is 0 Å². The van der Waals surface area contributed by atoms with Gasteiger partial charge < -0.3 is 0 Å². The summed E-state index contributed by atoms with van der Waals surface area (Å²) >= 11 is 0. The van der Waals surface area contributed by atoms with Gasteiger partial charge >= 0.3 is 0 Å². The minimum absolute atomic E-state index is 1.01. The van der Waals surface area contributed by atoms with E-state index in [0.29, 0.717) is 0 Å². The highest BCUT2D eigenvalue weighted by molar-refractivity contribution is 5.20. The summed E-state index contributed by atoms with van der Waals surface area (Å²) in [6.07, 6.45) is 11.3. The summed E-state index contributed by atoms with van der Waals surface area (Å²) in [4.78, 5) is 0. The Morgan fingerprint density at radius 2 is 1.79 bits per heavy atom. The van der Waals surface area contributed by atoms with Crippen molar-refractivity contribution in [3.63, 3.8) is 0 Å². The summed E-state index contributed by atoms with van der Waals surface area (Å²) in [5.74, 6) is 7.66. The SMILES string of the molecule is CCC1CC2CC1C1C3C=CC(C3)C21. The summed E-state index contributed by atoms with van der Waals surface area (Å²) < 4.78 is 0. The lowest BCUT2D eigenvalue weighted by Gasteiger charge is -2.36. The quantitative estimate of drug-likeness (QED) is 0.436. The average molecular weight is 188 g/mol. The van der Waals surface area contributed by atoms with Crippen LogP contribution >= 0.6 is 0 Å². The molecule has 0 amide bonds. The first kappa shape index (κ1) is 7.96. The lowest BCUT2D eigenvalue weighted by atomic mass is 9.69. The highest BCUT2D eigenvalue weighted by atomic mass is 14.6. The largest absolute Gasteiger partial charge is 0.0848 e. The Labute approximate surface area is 86.8 Å². The molecule has 3 fully saturated rings. The van der Waals surface area contributed by atoms with Gasteiger partial charge in [0.1, 0.15) is 0 Å². The molecule has 4 aliphatic rings. The number of hydrogen-bond acceptors (Lipinski definition) is 0. The van der Waals surface area contributed by atoms with E-state index in [2.05, 4.69) is 19.1 Å². The van der Waals surface area contributed by atoms with Gasteiger partial charge in [0.15, 0.2) is 0 Å². The van der Waals surface area contributed by atoms with Crippen LogP contribution < -0.4 is 0 Å². The maximum atomic E-state index is 2.55. The molecule has 4 bridgehead atoms. The molecular weight excluding hydrogens is 168 g/mol. The summed E-state index contributed by atoms with van der Waals surface area (Å²) in [6, 6.07) is 0. The summed E-state index contributed by atoms with van der Waals surface area (Å²) in [7, 11) is 0. The highest BCUT2D eigenvalue weighted by Gasteiger charge is 2.60. The van der Waals surface area contributed by atoms with Crippen molar-refractivity contribution in [2.75, 3.05) is 0 Å². The zero-order valence-corrected chi connectivity index (χ0v) is 9.02. The fourth-order valence-corrected chi connectivity index (χ4v) is 5.62. The van der Waals surface area contributed by atoms with E-state index in [1.54, 1.807) is 12.8 Å². The predicted octanol–water partition coefficient (Wildman–Crippen LogP) is 3.49. The van der Waals surface area contributed by atoms with Crippen LogP contribution in [-0.4, -0.2) is 0 Å². The molecule has 0 radical (unpaired) electrons. The lowest BCUT2D eigenvalue weighted by Crippen LogP contribution is -2.30. The lowest BCUT2D eigenvalue weighted by molar-refractivity contribution is 0.147. The molecule has 14 heavy (non-hydrogen) atoms. The Bertz CT molecular complexity index is 290. The Balaban J connectivity index is 1.72. The Hall–Kier alpha value is -0.260. The van der Waals surface area contributed by atoms with Crippen LogP contribution in [0.3, 0.4) is 0 Å². The first-order chi connectivity index (χ1) is 6.88. The van der Waals surface area contributed by atoms with Gasteiger partial charge in [0.2, 0.25) is 0 Å². The van der Waals surface area contributed by atoms with E-state index in [1.165, 1.54) is 12.8 Å². The Kier molecular flexibility index (Phi) is 1.40. The third kappa shape index (κ3) is 0.741. The molecule has 7 unspecified atom stereocenters. The fourth-order valence-electron chi connectivity index (χ4n) is 5.62. The topological polar surface area (TPSA) is 0 Å². The molecule has 0 nitrogen and oxygen atoms in total. The van der Waals surface area contributed by atoms with Gasteiger partial charge in [-0.05, 0) is 60.7 Å². The van der Waals surface area contributed by atoms with Gasteiger partial charge in [-0.1, -0.05) is 25.5 Å². The Morgan fingerprint density at radius 3 is 2.57 bits per heavy atom. The summed E-state index contributed by atoms with van der Waals surface area (Å²) in [6.45, 7) is 2.41. The molecule has 0 heterocycles. The molecule has 4 rings (SSSR count). The standard InChI is InChI=1S/C14H20/c1-2-8-5-11-7-12(8)14-10-4-3-9(6-10)13(11)14/h3-4,8-14H,2,5-7H2,1H3. The van der Waals surface area contributed by atoms with E-state index in [0.717, 1.165) is 41.4 Å². The first-order valence-corrected chi connectivity index (χ1v) is 6.56. The van der Waals surface area contributed by atoms with Gasteiger partial charge in [-0.2, -0.15) is 0 Å². The van der Waals surface area contributed by atoms with Crippen molar-refractivity contribution in [2.24, 2.45) is 41.4 Å². The van der Waals surface area contributed by atoms with Crippen molar-refractivity contribution in [1.29, 1.82) is 0 Å². The molecule has 0 aromatic rings. The average Bonchev–Trinajstić information content (AvgIpc) is 2.94. The van der Waals surface area contributed by atoms with E-state index in [4.69, 9.17) is 0 Å². The molecule has 0 spiro atoms. The summed E-state index contributed by atoms with van der Waals surface area (Å²) in [5, 5.41) is 0. The third-order valence-electron chi connectivity index (χ3n) is 5.93. The van der Waals surface area contributed by atoms with Crippen LogP contribution in [0.15, 0.2) is 12.2 Å². The van der Waals surface area contributed by atoms with Gasteiger partial charge in [0.25, 0.3) is 0 Å². The second-order valence-electron chi connectivity index (χ2n) is 6.17. The second-order valence-corrected chi connectivity index (χ2v) is 6.17. The number of allylic oxidation sites excluding steroid dienone is 2. The predicted molar refractivity (Wildman–Crippen MR) is 57.7 cm³/mol. The van der Waals surface area contributed by atoms with Crippen LogP contribution in [-0.2, 0) is 0 Å². The maximum absolute atomic E-state index is 2.55. The van der Waals surface area contributed by atoms with E-state index < -0.39 is 0 Å². The van der Waals surface area contributed by atoms with Crippen LogP contribution in [0.1, 0.15) is 32.6 Å². The van der Waals surface area contributed by atoms with Crippen LogP contribution in [0.2, 0.25) is 0 Å². The Morgan fingerprint density at radius 1 is 1.00 bits per heavy atom. The van der Waals surface area contributed by atoms with E-state index >= 15 is 0 Å². The van der Waals surface area contributed by atoms with Crippen molar-refractivity contribution in [1.82, 2.24) is 0 Å². The van der Waals surface area contributed by atoms with E-state index in [1.807, 2.05) is 0 Å². The number of rotatable bonds is 1. The normalized spacial score (nSPS) is 62.5. The zero-order chi connectivity index (χ0) is 9.28. The van der Waals surface area contributed by atoms with Gasteiger partial charge in [-0.3, -0.25) is 0 Å². The fraction of sp³-hybridized carbons (Fsp3) is 0.857. The van der Waals surface area contributed by atoms with Gasteiger partial charge in [-0.25, -0.2) is 0 Å². The number of hydrogen-bond donors (Lipinski definition) is 0. The molecule has 0 heteroatoms. The van der Waals surface area contributed by atoms with Crippen LogP contribution in [0, 0.1) is 41.4 Å². The van der Waals surface area contributed by atoms with Crippen molar-refractivity contribution >= 4 is 0 Å². The number of fused-ring (bicyclic) bond motifs is 9. The van der Waals surface area contributed by atoms with Gasteiger partial charge in [-0.15, -0.1) is 0 Å².